The average molecular weight is 257 g/mol. The third-order valence-corrected chi connectivity index (χ3v) is 3.02. The minimum absolute atomic E-state index is 0.241. The van der Waals surface area contributed by atoms with Crippen LogP contribution in [0.1, 0.15) is 72.1 Å². The molecule has 0 spiro atoms. The summed E-state index contributed by atoms with van der Waals surface area (Å²) < 4.78 is 5.17. The highest BCUT2D eigenvalue weighted by Gasteiger charge is 2.15. The summed E-state index contributed by atoms with van der Waals surface area (Å²) in [5, 5.41) is 0. The third-order valence-electron chi connectivity index (χ3n) is 3.02. The van der Waals surface area contributed by atoms with E-state index in [1.807, 2.05) is 0 Å². The molecule has 0 saturated carbocycles. The van der Waals surface area contributed by atoms with Crippen LogP contribution < -0.4 is 5.73 Å². The number of carbonyl (C=O) groups is 1. The second kappa shape index (κ2) is 11.5. The van der Waals surface area contributed by atoms with Gasteiger partial charge in [0.25, 0.3) is 0 Å². The Bertz CT molecular complexity index is 205. The van der Waals surface area contributed by atoms with E-state index in [0.717, 1.165) is 12.8 Å². The van der Waals surface area contributed by atoms with Gasteiger partial charge in [0, 0.05) is 0 Å². The van der Waals surface area contributed by atoms with Gasteiger partial charge < -0.3 is 10.5 Å². The van der Waals surface area contributed by atoms with Crippen LogP contribution >= 0.6 is 0 Å². The van der Waals surface area contributed by atoms with Crippen LogP contribution in [0.25, 0.3) is 0 Å². The molecule has 0 bridgehead atoms. The first-order chi connectivity index (χ1) is 8.57. The summed E-state index contributed by atoms with van der Waals surface area (Å²) in [5.74, 6) is 0.195. The van der Waals surface area contributed by atoms with Crippen molar-refractivity contribution in [2.24, 2.45) is 11.7 Å². The fourth-order valence-electron chi connectivity index (χ4n) is 1.94. The van der Waals surface area contributed by atoms with Crippen molar-refractivity contribution in [1.82, 2.24) is 0 Å². The number of ether oxygens (including phenoxy) is 1. The van der Waals surface area contributed by atoms with Crippen LogP contribution in [-0.2, 0) is 9.53 Å². The maximum Gasteiger partial charge on any atom is 0.322 e. The maximum atomic E-state index is 11.5. The normalized spacial score (nSPS) is 12.7. The van der Waals surface area contributed by atoms with Crippen molar-refractivity contribution >= 4 is 5.97 Å². The molecule has 0 heterocycles. The lowest BCUT2D eigenvalue weighted by Crippen LogP contribution is -2.33. The van der Waals surface area contributed by atoms with Gasteiger partial charge in [-0.3, -0.25) is 4.79 Å². The Morgan fingerprint density at radius 3 is 2.17 bits per heavy atom. The monoisotopic (exact) mass is 257 g/mol. The second-order valence-electron chi connectivity index (χ2n) is 5.52. The van der Waals surface area contributed by atoms with Gasteiger partial charge >= 0.3 is 5.97 Å². The molecule has 2 N–H and O–H groups in total. The quantitative estimate of drug-likeness (QED) is 0.454. The van der Waals surface area contributed by atoms with Gasteiger partial charge in [0.05, 0.1) is 6.61 Å². The van der Waals surface area contributed by atoms with E-state index >= 15 is 0 Å². The standard InChI is InChI=1S/C15H31NO2/c1-4-5-6-7-8-9-10-11-18-15(17)14(16)12-13(2)3/h13-14H,4-12,16H2,1-3H3/t14-/m1/s1. The van der Waals surface area contributed by atoms with Crippen LogP contribution in [0.3, 0.4) is 0 Å². The zero-order valence-corrected chi connectivity index (χ0v) is 12.4. The third kappa shape index (κ3) is 10.6. The number of esters is 1. The first-order valence-electron chi connectivity index (χ1n) is 7.50. The molecule has 0 aliphatic rings. The lowest BCUT2D eigenvalue weighted by molar-refractivity contribution is -0.145. The fourth-order valence-corrected chi connectivity index (χ4v) is 1.94. The van der Waals surface area contributed by atoms with Gasteiger partial charge in [-0.25, -0.2) is 0 Å². The maximum absolute atomic E-state index is 11.5. The summed E-state index contributed by atoms with van der Waals surface area (Å²) in [6.07, 6.45) is 9.31. The topological polar surface area (TPSA) is 52.3 Å². The Labute approximate surface area is 112 Å². The molecule has 0 aromatic heterocycles. The summed E-state index contributed by atoms with van der Waals surface area (Å²) in [5.41, 5.74) is 5.74. The highest BCUT2D eigenvalue weighted by Crippen LogP contribution is 2.08. The van der Waals surface area contributed by atoms with Crippen molar-refractivity contribution in [3.05, 3.63) is 0 Å². The summed E-state index contributed by atoms with van der Waals surface area (Å²) >= 11 is 0. The van der Waals surface area contributed by atoms with E-state index in [9.17, 15) is 4.79 Å². The second-order valence-corrected chi connectivity index (χ2v) is 5.52. The molecular weight excluding hydrogens is 226 g/mol. The van der Waals surface area contributed by atoms with Gasteiger partial charge in [0.2, 0.25) is 0 Å². The van der Waals surface area contributed by atoms with Gasteiger partial charge in [-0.05, 0) is 18.8 Å². The van der Waals surface area contributed by atoms with Crippen LogP contribution in [0, 0.1) is 5.92 Å². The summed E-state index contributed by atoms with van der Waals surface area (Å²) in [7, 11) is 0. The number of carbonyl (C=O) groups excluding carboxylic acids is 1. The van der Waals surface area contributed by atoms with Gasteiger partial charge in [0.1, 0.15) is 6.04 Å². The van der Waals surface area contributed by atoms with E-state index in [1.54, 1.807) is 0 Å². The van der Waals surface area contributed by atoms with E-state index in [1.165, 1.54) is 32.1 Å². The minimum Gasteiger partial charge on any atom is -0.465 e. The zero-order chi connectivity index (χ0) is 13.8. The zero-order valence-electron chi connectivity index (χ0n) is 12.4. The van der Waals surface area contributed by atoms with Crippen molar-refractivity contribution in [3.63, 3.8) is 0 Å². The smallest absolute Gasteiger partial charge is 0.322 e. The van der Waals surface area contributed by atoms with Crippen molar-refractivity contribution in [1.29, 1.82) is 0 Å². The first-order valence-corrected chi connectivity index (χ1v) is 7.50. The molecule has 0 amide bonds. The van der Waals surface area contributed by atoms with E-state index in [-0.39, 0.29) is 5.97 Å². The van der Waals surface area contributed by atoms with Crippen molar-refractivity contribution < 1.29 is 9.53 Å². The lowest BCUT2D eigenvalue weighted by Gasteiger charge is -2.13. The van der Waals surface area contributed by atoms with Crippen LogP contribution in [0.15, 0.2) is 0 Å². The predicted octanol–water partition coefficient (Wildman–Crippen LogP) is 3.65. The van der Waals surface area contributed by atoms with E-state index in [2.05, 4.69) is 20.8 Å². The highest BCUT2D eigenvalue weighted by molar-refractivity contribution is 5.75. The van der Waals surface area contributed by atoms with E-state index in [0.29, 0.717) is 18.9 Å². The molecular formula is C15H31NO2. The molecule has 0 radical (unpaired) electrons. The van der Waals surface area contributed by atoms with Crippen LogP contribution in [0.2, 0.25) is 0 Å². The molecule has 3 nitrogen and oxygen atoms in total. The molecule has 0 aliphatic heterocycles. The predicted molar refractivity (Wildman–Crippen MR) is 76.4 cm³/mol. The van der Waals surface area contributed by atoms with Gasteiger partial charge in [-0.1, -0.05) is 59.3 Å². The first kappa shape index (κ1) is 17.4. The molecule has 0 saturated heterocycles. The molecule has 108 valence electrons. The average Bonchev–Trinajstić information content (AvgIpc) is 2.31. The van der Waals surface area contributed by atoms with Crippen molar-refractivity contribution in [2.45, 2.75) is 78.2 Å². The molecule has 0 aromatic rings. The Balaban J connectivity index is 3.35. The molecule has 0 unspecified atom stereocenters. The van der Waals surface area contributed by atoms with Crippen LogP contribution in [0.5, 0.6) is 0 Å². The largest absolute Gasteiger partial charge is 0.465 e. The van der Waals surface area contributed by atoms with Crippen LogP contribution in [-0.4, -0.2) is 18.6 Å². The number of nitrogens with two attached hydrogens (primary N) is 1. The summed E-state index contributed by atoms with van der Waals surface area (Å²) in [4.78, 5) is 11.5. The molecule has 18 heavy (non-hydrogen) atoms. The molecule has 0 fully saturated rings. The van der Waals surface area contributed by atoms with Gasteiger partial charge in [-0.2, -0.15) is 0 Å². The molecule has 0 aromatic carbocycles. The number of hydrogen-bond acceptors (Lipinski definition) is 3. The molecule has 1 atom stereocenters. The number of hydrogen-bond donors (Lipinski definition) is 1. The Morgan fingerprint density at radius 1 is 1.06 bits per heavy atom. The fraction of sp³-hybridized carbons (Fsp3) is 0.933. The number of rotatable bonds is 11. The minimum atomic E-state index is -0.449. The SMILES string of the molecule is CCCCCCCCCOC(=O)[C@H](N)CC(C)C. The van der Waals surface area contributed by atoms with Crippen LogP contribution in [0.4, 0.5) is 0 Å². The van der Waals surface area contributed by atoms with Gasteiger partial charge in [-0.15, -0.1) is 0 Å². The van der Waals surface area contributed by atoms with Crippen molar-refractivity contribution in [3.8, 4) is 0 Å². The molecule has 0 aliphatic carbocycles. The number of unbranched alkanes of at least 4 members (excludes halogenated alkanes) is 6. The Hall–Kier alpha value is -0.570. The molecule has 0 rings (SSSR count). The van der Waals surface area contributed by atoms with Crippen molar-refractivity contribution in [2.75, 3.05) is 6.61 Å². The molecule has 3 heteroatoms. The Kier molecular flexibility index (Phi) is 11.2. The lowest BCUT2D eigenvalue weighted by atomic mass is 10.1. The summed E-state index contributed by atoms with van der Waals surface area (Å²) in [6, 6.07) is -0.449. The summed E-state index contributed by atoms with van der Waals surface area (Å²) in [6.45, 7) is 6.87. The highest BCUT2D eigenvalue weighted by atomic mass is 16.5. The Morgan fingerprint density at radius 2 is 1.61 bits per heavy atom. The van der Waals surface area contributed by atoms with E-state index in [4.69, 9.17) is 10.5 Å². The van der Waals surface area contributed by atoms with E-state index < -0.39 is 6.04 Å². The van der Waals surface area contributed by atoms with Gasteiger partial charge in [0.15, 0.2) is 0 Å².